The Morgan fingerprint density at radius 2 is 1.97 bits per heavy atom. The third kappa shape index (κ3) is 4.43. The summed E-state index contributed by atoms with van der Waals surface area (Å²) in [6.07, 6.45) is 2.37. The van der Waals surface area contributed by atoms with Gasteiger partial charge in [0, 0.05) is 30.4 Å². The number of rotatable bonds is 6. The lowest BCUT2D eigenvalue weighted by Gasteiger charge is -2.13. The zero-order chi connectivity index (χ0) is 21.8. The first-order valence-corrected chi connectivity index (χ1v) is 9.63. The number of aromatic nitrogens is 4. The van der Waals surface area contributed by atoms with Crippen LogP contribution < -0.4 is 10.5 Å². The Morgan fingerprint density at radius 1 is 1.16 bits per heavy atom. The molecule has 2 aromatic carbocycles. The van der Waals surface area contributed by atoms with Crippen molar-refractivity contribution in [1.82, 2.24) is 19.5 Å². The van der Waals surface area contributed by atoms with Gasteiger partial charge in [-0.15, -0.1) is 0 Å². The van der Waals surface area contributed by atoms with Gasteiger partial charge in [0.25, 0.3) is 0 Å². The summed E-state index contributed by atoms with van der Waals surface area (Å²) in [5.41, 5.74) is 8.73. The Labute approximate surface area is 179 Å². The minimum absolute atomic E-state index is 0.0657. The highest BCUT2D eigenvalue weighted by Gasteiger charge is 2.15. The van der Waals surface area contributed by atoms with E-state index in [1.165, 1.54) is 0 Å². The zero-order valence-electron chi connectivity index (χ0n) is 16.8. The largest absolute Gasteiger partial charge is 0.437 e. The topological polar surface area (TPSA) is 123 Å². The molecule has 0 aliphatic rings. The number of benzene rings is 2. The molecule has 0 amide bonds. The number of aliphatic hydroxyl groups is 1. The summed E-state index contributed by atoms with van der Waals surface area (Å²) >= 11 is 0. The van der Waals surface area contributed by atoms with Crippen LogP contribution in [0.25, 0.3) is 16.9 Å². The summed E-state index contributed by atoms with van der Waals surface area (Å²) in [6, 6.07) is 18.7. The molecule has 1 unspecified atom stereocenters. The van der Waals surface area contributed by atoms with Crippen molar-refractivity contribution in [2.45, 2.75) is 13.0 Å². The Bertz CT molecular complexity index is 1250. The lowest BCUT2D eigenvalue weighted by Crippen LogP contribution is -2.11. The van der Waals surface area contributed by atoms with E-state index in [4.69, 9.17) is 10.5 Å². The van der Waals surface area contributed by atoms with E-state index >= 15 is 0 Å². The molecule has 3 N–H and O–H groups in total. The molecular formula is C23H20N6O2. The third-order valence-electron chi connectivity index (χ3n) is 4.63. The van der Waals surface area contributed by atoms with E-state index in [0.29, 0.717) is 34.4 Å². The van der Waals surface area contributed by atoms with Crippen molar-refractivity contribution < 1.29 is 9.84 Å². The molecule has 0 aliphatic heterocycles. The van der Waals surface area contributed by atoms with Gasteiger partial charge in [0.1, 0.15) is 11.9 Å². The fourth-order valence-electron chi connectivity index (χ4n) is 3.10. The first-order valence-electron chi connectivity index (χ1n) is 9.63. The first-order chi connectivity index (χ1) is 15.1. The van der Waals surface area contributed by atoms with Gasteiger partial charge in [-0.2, -0.15) is 10.2 Å². The van der Waals surface area contributed by atoms with E-state index in [2.05, 4.69) is 21.0 Å². The van der Waals surface area contributed by atoms with Gasteiger partial charge in [-0.3, -0.25) is 0 Å². The molecule has 0 saturated carbocycles. The van der Waals surface area contributed by atoms with Crippen molar-refractivity contribution >= 4 is 0 Å². The number of hydrogen-bond donors (Lipinski definition) is 2. The maximum Gasteiger partial charge on any atom is 0.223 e. The van der Waals surface area contributed by atoms with Crippen LogP contribution in [0.5, 0.6) is 11.6 Å². The van der Waals surface area contributed by atoms with E-state index in [1.54, 1.807) is 48.3 Å². The van der Waals surface area contributed by atoms with Gasteiger partial charge in [-0.25, -0.2) is 9.97 Å². The maximum atomic E-state index is 9.95. The van der Waals surface area contributed by atoms with Crippen LogP contribution in [0.3, 0.4) is 0 Å². The predicted octanol–water partition coefficient (Wildman–Crippen LogP) is 3.29. The van der Waals surface area contributed by atoms with Crippen molar-refractivity contribution in [2.75, 3.05) is 6.54 Å². The number of imidazole rings is 1. The number of aryl methyl sites for hydroxylation is 1. The van der Waals surface area contributed by atoms with Gasteiger partial charge >= 0.3 is 0 Å². The molecule has 31 heavy (non-hydrogen) atoms. The number of ether oxygens (including phenoxy) is 1. The van der Waals surface area contributed by atoms with Crippen LogP contribution in [0.2, 0.25) is 0 Å². The van der Waals surface area contributed by atoms with Crippen LogP contribution in [0.15, 0.2) is 67.1 Å². The van der Waals surface area contributed by atoms with E-state index in [0.717, 1.165) is 11.3 Å². The predicted molar refractivity (Wildman–Crippen MR) is 115 cm³/mol. The molecule has 4 rings (SSSR count). The number of nitrogens with zero attached hydrogens (tertiary/aromatic N) is 5. The molecule has 0 aliphatic carbocycles. The molecule has 0 fully saturated rings. The second kappa shape index (κ2) is 8.75. The molecule has 2 heterocycles. The lowest BCUT2D eigenvalue weighted by molar-refractivity contribution is 0.182. The molecule has 154 valence electrons. The third-order valence-corrected chi connectivity index (χ3v) is 4.63. The Balaban J connectivity index is 1.74. The second-order valence-corrected chi connectivity index (χ2v) is 6.86. The summed E-state index contributed by atoms with van der Waals surface area (Å²) in [5, 5.41) is 19.3. The molecule has 8 heteroatoms. The fraction of sp³-hybridized carbons (Fsp3) is 0.130. The maximum absolute atomic E-state index is 9.95. The molecular weight excluding hydrogens is 392 g/mol. The van der Waals surface area contributed by atoms with Crippen LogP contribution >= 0.6 is 0 Å². The summed E-state index contributed by atoms with van der Waals surface area (Å²) in [5.74, 6) is 1.33. The standard InChI is InChI=1S/C23H20N6O2/c1-15-27-18(17-5-3-2-4-6-17)10-23(28-15)31-22-9-16(11-24)7-8-20(22)29-13-19(26-14-29)21(30)12-25/h2-10,13-14,21,30H,12,25H2,1H3. The quantitative estimate of drug-likeness (QED) is 0.498. The molecule has 0 saturated heterocycles. The Hall–Kier alpha value is -4.06. The highest BCUT2D eigenvalue weighted by Crippen LogP contribution is 2.31. The summed E-state index contributed by atoms with van der Waals surface area (Å²) in [4.78, 5) is 13.1. The van der Waals surface area contributed by atoms with Crippen molar-refractivity contribution in [3.05, 3.63) is 84.2 Å². The molecule has 2 aromatic heterocycles. The van der Waals surface area contributed by atoms with Crippen LogP contribution in [0.1, 0.15) is 23.2 Å². The van der Waals surface area contributed by atoms with Gasteiger partial charge in [-0.05, 0) is 19.1 Å². The van der Waals surface area contributed by atoms with E-state index in [1.807, 2.05) is 30.3 Å². The van der Waals surface area contributed by atoms with Crippen LogP contribution in [0.4, 0.5) is 0 Å². The van der Waals surface area contributed by atoms with Gasteiger partial charge in [0.05, 0.1) is 35.0 Å². The smallest absolute Gasteiger partial charge is 0.223 e. The highest BCUT2D eigenvalue weighted by molar-refractivity contribution is 5.60. The zero-order valence-corrected chi connectivity index (χ0v) is 16.8. The minimum Gasteiger partial charge on any atom is -0.437 e. The molecule has 0 bridgehead atoms. The number of nitrogens with two attached hydrogens (primary N) is 1. The summed E-state index contributed by atoms with van der Waals surface area (Å²) < 4.78 is 7.81. The molecule has 0 spiro atoms. The van der Waals surface area contributed by atoms with Gasteiger partial charge in [0.2, 0.25) is 5.88 Å². The average Bonchev–Trinajstić information content (AvgIpc) is 3.28. The Kier molecular flexibility index (Phi) is 5.71. The average molecular weight is 412 g/mol. The molecule has 1 atom stereocenters. The second-order valence-electron chi connectivity index (χ2n) is 6.86. The number of hydrogen-bond acceptors (Lipinski definition) is 7. The van der Waals surface area contributed by atoms with Crippen LogP contribution in [-0.4, -0.2) is 31.2 Å². The normalized spacial score (nSPS) is 11.7. The summed E-state index contributed by atoms with van der Waals surface area (Å²) in [6.45, 7) is 1.86. The molecule has 0 radical (unpaired) electrons. The SMILES string of the molecule is Cc1nc(Oc2cc(C#N)ccc2-n2cnc(C(O)CN)c2)cc(-c2ccccc2)n1. The van der Waals surface area contributed by atoms with E-state index in [-0.39, 0.29) is 6.54 Å². The van der Waals surface area contributed by atoms with Crippen molar-refractivity contribution in [3.63, 3.8) is 0 Å². The minimum atomic E-state index is -0.859. The Morgan fingerprint density at radius 3 is 2.71 bits per heavy atom. The first kappa shape index (κ1) is 20.2. The number of nitriles is 1. The van der Waals surface area contributed by atoms with E-state index in [9.17, 15) is 10.4 Å². The van der Waals surface area contributed by atoms with Crippen LogP contribution in [0, 0.1) is 18.3 Å². The van der Waals surface area contributed by atoms with Crippen molar-refractivity contribution in [3.8, 4) is 34.6 Å². The van der Waals surface area contributed by atoms with Crippen molar-refractivity contribution in [1.29, 1.82) is 5.26 Å². The van der Waals surface area contributed by atoms with Gasteiger partial charge in [0.15, 0.2) is 5.75 Å². The van der Waals surface area contributed by atoms with Crippen LogP contribution in [-0.2, 0) is 0 Å². The molecule has 4 aromatic rings. The highest BCUT2D eigenvalue weighted by atomic mass is 16.5. The van der Waals surface area contributed by atoms with E-state index < -0.39 is 6.10 Å². The van der Waals surface area contributed by atoms with Gasteiger partial charge < -0.3 is 20.1 Å². The number of aliphatic hydroxyl groups excluding tert-OH is 1. The lowest BCUT2D eigenvalue weighted by atomic mass is 10.1. The monoisotopic (exact) mass is 412 g/mol. The fourth-order valence-corrected chi connectivity index (χ4v) is 3.10. The molecule has 8 nitrogen and oxygen atoms in total. The van der Waals surface area contributed by atoms with Gasteiger partial charge in [-0.1, -0.05) is 30.3 Å². The summed E-state index contributed by atoms with van der Waals surface area (Å²) in [7, 11) is 0. The van der Waals surface area contributed by atoms with Crippen molar-refractivity contribution in [2.24, 2.45) is 5.73 Å².